The zero-order chi connectivity index (χ0) is 19.2. The highest BCUT2D eigenvalue weighted by Crippen LogP contribution is 2.42. The molecule has 2 fully saturated rings. The van der Waals surface area contributed by atoms with Gasteiger partial charge in [-0.1, -0.05) is 6.92 Å². The van der Waals surface area contributed by atoms with Crippen LogP contribution < -0.4 is 0 Å². The Morgan fingerprint density at radius 2 is 1.58 bits per heavy atom. The number of benzene rings is 1. The van der Waals surface area contributed by atoms with Crippen molar-refractivity contribution in [2.45, 2.75) is 36.0 Å². The normalized spacial score (nSPS) is 24.7. The van der Waals surface area contributed by atoms with Gasteiger partial charge in [0.1, 0.15) is 0 Å². The molecular formula is C17H24N2O5S2. The Morgan fingerprint density at radius 1 is 1.00 bits per heavy atom. The molecule has 0 radical (unpaired) electrons. The molecule has 7 nitrogen and oxygen atoms in total. The number of sulfone groups is 1. The van der Waals surface area contributed by atoms with Gasteiger partial charge in [0.25, 0.3) is 0 Å². The van der Waals surface area contributed by atoms with Crippen molar-refractivity contribution < 1.29 is 21.6 Å². The lowest BCUT2D eigenvalue weighted by molar-refractivity contribution is -0.135. The van der Waals surface area contributed by atoms with Gasteiger partial charge in [-0.05, 0) is 43.5 Å². The Hall–Kier alpha value is -1.45. The monoisotopic (exact) mass is 400 g/mol. The zero-order valence-corrected chi connectivity index (χ0v) is 16.6. The average molecular weight is 401 g/mol. The van der Waals surface area contributed by atoms with Crippen LogP contribution in [0.15, 0.2) is 34.1 Å². The maximum absolute atomic E-state index is 12.9. The van der Waals surface area contributed by atoms with Crippen LogP contribution in [-0.4, -0.2) is 64.4 Å². The van der Waals surface area contributed by atoms with E-state index in [1.807, 2.05) is 11.8 Å². The lowest BCUT2D eigenvalue weighted by atomic mass is 9.86. The fourth-order valence-corrected chi connectivity index (χ4v) is 5.96. The van der Waals surface area contributed by atoms with Gasteiger partial charge in [0.15, 0.2) is 9.84 Å². The molecule has 26 heavy (non-hydrogen) atoms. The van der Waals surface area contributed by atoms with Crippen LogP contribution in [-0.2, 0) is 24.7 Å². The van der Waals surface area contributed by atoms with Gasteiger partial charge in [0.05, 0.1) is 15.2 Å². The van der Waals surface area contributed by atoms with Crippen LogP contribution >= 0.6 is 0 Å². The summed E-state index contributed by atoms with van der Waals surface area (Å²) in [5, 5.41) is 0. The van der Waals surface area contributed by atoms with E-state index in [0.29, 0.717) is 32.5 Å². The van der Waals surface area contributed by atoms with Crippen molar-refractivity contribution >= 4 is 25.8 Å². The Morgan fingerprint density at radius 3 is 2.15 bits per heavy atom. The van der Waals surface area contributed by atoms with E-state index in [1.165, 1.54) is 28.6 Å². The second-order valence-electron chi connectivity index (χ2n) is 7.15. The Kier molecular flexibility index (Phi) is 4.91. The van der Waals surface area contributed by atoms with E-state index in [2.05, 4.69) is 0 Å². The predicted octanol–water partition coefficient (Wildman–Crippen LogP) is 1.11. The van der Waals surface area contributed by atoms with Gasteiger partial charge in [-0.2, -0.15) is 4.31 Å². The molecule has 2 aliphatic rings. The molecule has 1 aromatic carbocycles. The molecule has 2 heterocycles. The fraction of sp³-hybridized carbons (Fsp3) is 0.588. The molecule has 0 aromatic heterocycles. The quantitative estimate of drug-likeness (QED) is 0.738. The van der Waals surface area contributed by atoms with E-state index in [-0.39, 0.29) is 22.2 Å². The van der Waals surface area contributed by atoms with E-state index in [9.17, 15) is 21.6 Å². The van der Waals surface area contributed by atoms with Crippen LogP contribution in [0, 0.1) is 5.41 Å². The highest BCUT2D eigenvalue weighted by atomic mass is 32.2. The Labute approximate surface area is 155 Å². The largest absolute Gasteiger partial charge is 0.342 e. The fourth-order valence-electron chi connectivity index (χ4n) is 3.80. The molecule has 144 valence electrons. The summed E-state index contributed by atoms with van der Waals surface area (Å²) in [6, 6.07) is 5.24. The van der Waals surface area contributed by atoms with Gasteiger partial charge >= 0.3 is 0 Å². The number of rotatable bonds is 5. The molecule has 0 aliphatic carbocycles. The first-order valence-electron chi connectivity index (χ1n) is 8.70. The molecule has 0 N–H and O–H groups in total. The molecule has 9 heteroatoms. The van der Waals surface area contributed by atoms with E-state index in [0.717, 1.165) is 12.7 Å². The van der Waals surface area contributed by atoms with E-state index in [1.54, 1.807) is 0 Å². The maximum atomic E-state index is 12.9. The second kappa shape index (κ2) is 6.61. The molecule has 1 amide bonds. The summed E-state index contributed by atoms with van der Waals surface area (Å²) in [5.74, 6) is 0.0597. The minimum absolute atomic E-state index is 0.0535. The van der Waals surface area contributed by atoms with Gasteiger partial charge in [-0.15, -0.1) is 0 Å². The van der Waals surface area contributed by atoms with Gasteiger partial charge < -0.3 is 4.90 Å². The number of sulfonamides is 1. The molecule has 1 atom stereocenters. The minimum atomic E-state index is -3.75. The van der Waals surface area contributed by atoms with Crippen LogP contribution in [0.3, 0.4) is 0 Å². The highest BCUT2D eigenvalue weighted by Gasteiger charge is 2.52. The summed E-state index contributed by atoms with van der Waals surface area (Å²) in [6.45, 7) is 3.91. The third-order valence-electron chi connectivity index (χ3n) is 5.30. The first-order valence-corrected chi connectivity index (χ1v) is 12.0. The number of carbonyl (C=O) groups excluding carboxylic acids is 1. The second-order valence-corrected chi connectivity index (χ2v) is 11.1. The van der Waals surface area contributed by atoms with Crippen molar-refractivity contribution in [1.82, 2.24) is 9.21 Å². The molecule has 2 aliphatic heterocycles. The third-order valence-corrected chi connectivity index (χ3v) is 8.29. The number of nitrogens with zero attached hydrogens (tertiary/aromatic N) is 2. The maximum Gasteiger partial charge on any atom is 0.243 e. The van der Waals surface area contributed by atoms with Crippen LogP contribution in [0.4, 0.5) is 0 Å². The van der Waals surface area contributed by atoms with E-state index in [4.69, 9.17) is 0 Å². The molecule has 1 unspecified atom stereocenters. The van der Waals surface area contributed by atoms with E-state index >= 15 is 0 Å². The topological polar surface area (TPSA) is 91.8 Å². The van der Waals surface area contributed by atoms with Gasteiger partial charge in [-0.25, -0.2) is 16.8 Å². The molecule has 0 bridgehead atoms. The van der Waals surface area contributed by atoms with Gasteiger partial charge in [-0.3, -0.25) is 4.79 Å². The first kappa shape index (κ1) is 19.3. The van der Waals surface area contributed by atoms with Crippen LogP contribution in [0.2, 0.25) is 0 Å². The standard InChI is InChI=1S/C17H24N2O5S2/c1-3-10-18-11-8-17(16(18)20)9-12-19(13-17)26(23,24)15-6-4-14(5-7-15)25(2,21)22/h4-7H,3,8-13H2,1-2H3. The molecule has 1 spiro atoms. The number of hydrogen-bond donors (Lipinski definition) is 0. The first-order chi connectivity index (χ1) is 12.1. The summed E-state index contributed by atoms with van der Waals surface area (Å²) >= 11 is 0. The van der Waals surface area contributed by atoms with Gasteiger partial charge in [0.2, 0.25) is 15.9 Å². The van der Waals surface area contributed by atoms with Crippen LogP contribution in [0.25, 0.3) is 0 Å². The summed E-state index contributed by atoms with van der Waals surface area (Å²) in [7, 11) is -7.13. The van der Waals surface area contributed by atoms with Crippen molar-refractivity contribution in [3.63, 3.8) is 0 Å². The lowest BCUT2D eigenvalue weighted by Gasteiger charge is -2.23. The smallest absolute Gasteiger partial charge is 0.243 e. The van der Waals surface area contributed by atoms with Crippen molar-refractivity contribution in [3.05, 3.63) is 24.3 Å². The van der Waals surface area contributed by atoms with Crippen molar-refractivity contribution in [2.75, 3.05) is 32.4 Å². The summed E-state index contributed by atoms with van der Waals surface area (Å²) in [4.78, 5) is 14.7. The lowest BCUT2D eigenvalue weighted by Crippen LogP contribution is -2.38. The Bertz CT molecular complexity index is 909. The van der Waals surface area contributed by atoms with Crippen molar-refractivity contribution in [1.29, 1.82) is 0 Å². The number of hydrogen-bond acceptors (Lipinski definition) is 5. The Balaban J connectivity index is 1.81. The summed E-state index contributed by atoms with van der Waals surface area (Å²) in [5.41, 5.74) is -0.602. The minimum Gasteiger partial charge on any atom is -0.342 e. The predicted molar refractivity (Wildman–Crippen MR) is 96.8 cm³/mol. The zero-order valence-electron chi connectivity index (χ0n) is 15.0. The number of carbonyl (C=O) groups is 1. The number of likely N-dealkylation sites (tertiary alicyclic amines) is 1. The molecular weight excluding hydrogens is 376 g/mol. The SMILES string of the molecule is CCCN1CCC2(CCN(S(=O)(=O)c3ccc(S(C)(=O)=O)cc3)C2)C1=O. The van der Waals surface area contributed by atoms with Crippen LogP contribution in [0.5, 0.6) is 0 Å². The average Bonchev–Trinajstić information content (AvgIpc) is 3.15. The van der Waals surface area contributed by atoms with Crippen molar-refractivity contribution in [3.8, 4) is 0 Å². The third kappa shape index (κ3) is 3.27. The summed E-state index contributed by atoms with van der Waals surface area (Å²) in [6.07, 6.45) is 3.18. The van der Waals surface area contributed by atoms with E-state index < -0.39 is 25.3 Å². The molecule has 2 saturated heterocycles. The molecule has 0 saturated carbocycles. The molecule has 1 aromatic rings. The number of amides is 1. The summed E-state index contributed by atoms with van der Waals surface area (Å²) < 4.78 is 50.2. The molecule has 3 rings (SSSR count). The highest BCUT2D eigenvalue weighted by molar-refractivity contribution is 7.90. The van der Waals surface area contributed by atoms with Crippen molar-refractivity contribution in [2.24, 2.45) is 5.41 Å². The van der Waals surface area contributed by atoms with Crippen LogP contribution in [0.1, 0.15) is 26.2 Å². The van der Waals surface area contributed by atoms with Gasteiger partial charge in [0, 0.05) is 32.4 Å².